The number of esters is 2. The molecule has 10 aliphatic rings. The van der Waals surface area contributed by atoms with E-state index in [1.165, 1.54) is 38.5 Å². The van der Waals surface area contributed by atoms with Gasteiger partial charge in [-0.1, -0.05) is 50.7 Å². The van der Waals surface area contributed by atoms with E-state index in [2.05, 4.69) is 21.9 Å². The summed E-state index contributed by atoms with van der Waals surface area (Å²) in [6.45, 7) is 3.79. The number of carbonyl (C=O) groups excluding carboxylic acids is 2. The van der Waals surface area contributed by atoms with Crippen LogP contribution in [0.1, 0.15) is 151 Å². The molecule has 64 heavy (non-hydrogen) atoms. The molecule has 4 heterocycles. The molecular formula is C52H68N2O10. The minimum Gasteiger partial charge on any atom is -0.482 e. The summed E-state index contributed by atoms with van der Waals surface area (Å²) in [6.07, 6.45) is 15.7. The average molecular weight is 881 g/mol. The molecule has 4 aliphatic heterocycles. The first-order valence-electron chi connectivity index (χ1n) is 25.4. The van der Waals surface area contributed by atoms with Gasteiger partial charge in [0.15, 0.2) is 23.0 Å². The fourth-order valence-electron chi connectivity index (χ4n) is 15.4. The molecule has 2 aromatic carbocycles. The number of nitrogens with zero attached hydrogens (tertiary/aromatic N) is 2. The minimum atomic E-state index is -0.997. The molecule has 12 nitrogen and oxygen atoms in total. The highest BCUT2D eigenvalue weighted by Gasteiger charge is 2.74. The van der Waals surface area contributed by atoms with E-state index in [0.717, 1.165) is 99.8 Å². The Balaban J connectivity index is 0.623. The predicted molar refractivity (Wildman–Crippen MR) is 236 cm³/mol. The largest absolute Gasteiger partial charge is 0.482 e. The van der Waals surface area contributed by atoms with Crippen LogP contribution in [-0.4, -0.2) is 116 Å². The number of rotatable bonds is 15. The van der Waals surface area contributed by atoms with Crippen molar-refractivity contribution in [1.82, 2.24) is 9.80 Å². The Morgan fingerprint density at radius 1 is 0.594 bits per heavy atom. The Bertz CT molecular complexity index is 2040. The van der Waals surface area contributed by atoms with E-state index in [1.807, 2.05) is 12.1 Å². The lowest BCUT2D eigenvalue weighted by Crippen LogP contribution is -2.77. The van der Waals surface area contributed by atoms with Gasteiger partial charge in [0.05, 0.1) is 34.2 Å². The van der Waals surface area contributed by atoms with Crippen LogP contribution in [0.5, 0.6) is 23.0 Å². The number of carbonyl (C=O) groups is 2. The Morgan fingerprint density at radius 3 is 1.42 bits per heavy atom. The fraction of sp³-hybridized carbons (Fsp3) is 0.731. The van der Waals surface area contributed by atoms with Crippen molar-refractivity contribution in [2.45, 2.75) is 200 Å². The van der Waals surface area contributed by atoms with Gasteiger partial charge in [-0.25, -0.2) is 0 Å². The first kappa shape index (κ1) is 42.1. The highest BCUT2D eigenvalue weighted by molar-refractivity contribution is 5.76. The van der Waals surface area contributed by atoms with Gasteiger partial charge >= 0.3 is 11.9 Å². The molecule has 6 fully saturated rings. The number of unbranched alkanes of at least 4 members (excludes halogenated alkanes) is 5. The summed E-state index contributed by atoms with van der Waals surface area (Å²) in [6, 6.07) is 7.81. The monoisotopic (exact) mass is 880 g/mol. The molecule has 0 unspecified atom stereocenters. The molecular weight excluding hydrogens is 813 g/mol. The van der Waals surface area contributed by atoms with Crippen molar-refractivity contribution in [1.29, 1.82) is 0 Å². The molecule has 0 radical (unpaired) electrons. The lowest BCUT2D eigenvalue weighted by atomic mass is 9.48. The van der Waals surface area contributed by atoms with Crippen molar-refractivity contribution >= 4 is 11.9 Å². The van der Waals surface area contributed by atoms with E-state index in [9.17, 15) is 30.0 Å². The highest BCUT2D eigenvalue weighted by Crippen LogP contribution is 2.67. The molecule has 12 rings (SSSR count). The Hall–Kier alpha value is -3.26. The van der Waals surface area contributed by atoms with Gasteiger partial charge in [-0.2, -0.15) is 0 Å². The van der Waals surface area contributed by atoms with Crippen molar-refractivity contribution < 1.29 is 49.0 Å². The molecule has 6 aliphatic carbocycles. The zero-order chi connectivity index (χ0) is 43.6. The second-order valence-corrected chi connectivity index (χ2v) is 22.0. The second kappa shape index (κ2) is 15.7. The summed E-state index contributed by atoms with van der Waals surface area (Å²) < 4.78 is 25.2. The number of aliphatic hydroxyl groups excluding tert-OH is 2. The number of likely N-dealkylation sites (tertiary alicyclic amines) is 2. The normalized spacial score (nSPS) is 37.7. The van der Waals surface area contributed by atoms with Gasteiger partial charge in [-0.05, 0) is 138 Å². The Morgan fingerprint density at radius 2 is 1.02 bits per heavy atom. The van der Waals surface area contributed by atoms with Crippen molar-refractivity contribution in [2.75, 3.05) is 26.2 Å². The molecule has 0 aromatic heterocycles. The topological polar surface area (TPSA) is 158 Å². The number of ether oxygens (including phenoxy) is 4. The molecule has 0 amide bonds. The summed E-state index contributed by atoms with van der Waals surface area (Å²) in [4.78, 5) is 31.5. The lowest BCUT2D eigenvalue weighted by molar-refractivity contribution is -0.209. The van der Waals surface area contributed by atoms with Crippen LogP contribution in [0.3, 0.4) is 0 Å². The van der Waals surface area contributed by atoms with Crippen LogP contribution in [-0.2, 0) is 33.3 Å². The molecule has 2 spiro atoms. The van der Waals surface area contributed by atoms with Crippen molar-refractivity contribution in [2.24, 2.45) is 11.8 Å². The predicted octanol–water partition coefficient (Wildman–Crippen LogP) is 5.95. The van der Waals surface area contributed by atoms with Crippen LogP contribution in [0.25, 0.3) is 0 Å². The van der Waals surface area contributed by atoms with Gasteiger partial charge in [0, 0.05) is 49.1 Å². The summed E-state index contributed by atoms with van der Waals surface area (Å²) in [5.41, 5.74) is 0.815. The molecule has 12 heteroatoms. The molecule has 346 valence electrons. The second-order valence-electron chi connectivity index (χ2n) is 22.0. The van der Waals surface area contributed by atoms with E-state index in [-0.39, 0.29) is 36.9 Å². The van der Waals surface area contributed by atoms with Crippen LogP contribution < -0.4 is 18.9 Å². The smallest absolute Gasteiger partial charge is 0.311 e. The van der Waals surface area contributed by atoms with Crippen LogP contribution in [0.2, 0.25) is 0 Å². The van der Waals surface area contributed by atoms with Gasteiger partial charge in [-0.15, -0.1) is 0 Å². The third kappa shape index (κ3) is 6.06. The SMILES string of the molecule is O=C(CCCCCCCCC(=O)Oc1ccc2c3c1O[C@H]1[C@@H](O)CC[C@@]4(O)[C@@H](C2)N(CC2CCC2)CC[C@]314)Oc1ccc2c3c1O[C@H]1[C@@H](O)CC[C@@]4(O)[C@@H](C2)N(CC2CCC2)CC[C@]314. The minimum absolute atomic E-state index is 0.00767. The van der Waals surface area contributed by atoms with Gasteiger partial charge < -0.3 is 39.4 Å². The number of hydrogen-bond donors (Lipinski definition) is 4. The number of piperidine rings is 2. The van der Waals surface area contributed by atoms with Gasteiger partial charge in [0.25, 0.3) is 0 Å². The summed E-state index contributed by atoms with van der Waals surface area (Å²) >= 11 is 0. The standard InChI is InChI=1S/C52H68N2O10/c55-35-19-21-51(59)39-27-33-15-17-37(45-43(33)49(51,47(35)63-45)23-25-53(39)29-31-9-7-10-31)61-41(57)13-5-3-1-2-4-6-14-42(58)62-38-18-16-34-28-40-52(60)22-20-36(56)48-50(52,44(34)46(38)64-48)24-26-54(40)30-32-11-8-12-32/h15-18,31-32,35-36,39-40,47-48,55-56,59-60H,1-14,19-30H2/t35-,36-,39+,40+,47-,48-,49-,50-,51+,52+/m0/s1. The van der Waals surface area contributed by atoms with E-state index >= 15 is 0 Å². The van der Waals surface area contributed by atoms with E-state index in [0.29, 0.717) is 73.4 Å². The molecule has 10 atom stereocenters. The summed E-state index contributed by atoms with van der Waals surface area (Å²) in [5, 5.41) is 47.9. The van der Waals surface area contributed by atoms with Gasteiger partial charge in [-0.3, -0.25) is 19.4 Å². The number of aliphatic hydroxyl groups is 4. The van der Waals surface area contributed by atoms with Crippen LogP contribution >= 0.6 is 0 Å². The van der Waals surface area contributed by atoms with E-state index in [4.69, 9.17) is 18.9 Å². The molecule has 4 N–H and O–H groups in total. The van der Waals surface area contributed by atoms with Crippen LogP contribution in [0, 0.1) is 11.8 Å². The van der Waals surface area contributed by atoms with Crippen LogP contribution in [0.15, 0.2) is 24.3 Å². The fourth-order valence-corrected chi connectivity index (χ4v) is 15.4. The maximum Gasteiger partial charge on any atom is 0.311 e. The van der Waals surface area contributed by atoms with Crippen molar-refractivity contribution in [3.05, 3.63) is 46.5 Å². The Labute approximate surface area is 377 Å². The summed E-state index contributed by atoms with van der Waals surface area (Å²) in [5.74, 6) is 2.67. The third-order valence-electron chi connectivity index (χ3n) is 18.9. The first-order valence-corrected chi connectivity index (χ1v) is 25.4. The summed E-state index contributed by atoms with van der Waals surface area (Å²) in [7, 11) is 0. The number of benzene rings is 2. The maximum absolute atomic E-state index is 13.2. The lowest BCUT2D eigenvalue weighted by Gasteiger charge is -2.64. The molecule has 4 saturated carbocycles. The number of hydrogen-bond acceptors (Lipinski definition) is 12. The van der Waals surface area contributed by atoms with Gasteiger partial charge in [0.1, 0.15) is 12.2 Å². The van der Waals surface area contributed by atoms with Gasteiger partial charge in [0.2, 0.25) is 0 Å². The van der Waals surface area contributed by atoms with Crippen LogP contribution in [0.4, 0.5) is 0 Å². The molecule has 2 saturated heterocycles. The highest BCUT2D eigenvalue weighted by atomic mass is 16.6. The van der Waals surface area contributed by atoms with Crippen molar-refractivity contribution in [3.63, 3.8) is 0 Å². The Kier molecular flexibility index (Phi) is 10.3. The van der Waals surface area contributed by atoms with E-state index < -0.39 is 46.4 Å². The van der Waals surface area contributed by atoms with Crippen molar-refractivity contribution in [3.8, 4) is 23.0 Å². The maximum atomic E-state index is 13.2. The average Bonchev–Trinajstić information content (AvgIpc) is 3.79. The first-order chi connectivity index (χ1) is 31.0. The molecule has 4 bridgehead atoms. The zero-order valence-corrected chi connectivity index (χ0v) is 37.4. The quantitative estimate of drug-likeness (QED) is 0.0949. The zero-order valence-electron chi connectivity index (χ0n) is 37.4. The molecule has 2 aromatic rings. The van der Waals surface area contributed by atoms with E-state index in [1.54, 1.807) is 0 Å². The third-order valence-corrected chi connectivity index (χ3v) is 18.9.